The molecule has 2 unspecified atom stereocenters. The number of aromatic nitrogens is 2. The minimum atomic E-state index is -0.163. The van der Waals surface area contributed by atoms with Crippen LogP contribution in [0.2, 0.25) is 0 Å². The highest BCUT2D eigenvalue weighted by Gasteiger charge is 2.24. The van der Waals surface area contributed by atoms with E-state index in [1.165, 1.54) is 16.4 Å². The minimum Gasteiger partial charge on any atom is -0.492 e. The number of aryl methyl sites for hydroxylation is 1. The number of terminal acetylenes is 1. The van der Waals surface area contributed by atoms with Crippen molar-refractivity contribution < 1.29 is 19.1 Å². The number of carbonyl (C=O) groups excluding carboxylic acids is 2. The second-order valence-electron chi connectivity index (χ2n) is 8.67. The van der Waals surface area contributed by atoms with Crippen molar-refractivity contribution in [2.24, 2.45) is 5.92 Å². The molecule has 1 aromatic heterocycles. The van der Waals surface area contributed by atoms with Crippen molar-refractivity contribution in [1.29, 1.82) is 0 Å². The Morgan fingerprint density at radius 2 is 1.97 bits per heavy atom. The van der Waals surface area contributed by atoms with Gasteiger partial charge >= 0.3 is 0 Å². The van der Waals surface area contributed by atoms with Crippen LogP contribution in [0.25, 0.3) is 0 Å². The molecular weight excluding hydrogens is 468 g/mol. The number of rotatable bonds is 11. The fourth-order valence-corrected chi connectivity index (χ4v) is 3.85. The standard InChI is InChI=1S/C26H34N4O4.ClH/c1-4-21-7-5-6-8-24(21)34-15-13-25(31)28-22-17-27-30(18-22)19-26(32)29(3)14-16-33-23-11-9-20(2)10-12-23;/h1,9-12,17-18,21,24H,5-8,13-16,19H2,2-3H3,(H,28,31);1H. The van der Waals surface area contributed by atoms with Crippen LogP contribution in [0.1, 0.15) is 37.7 Å². The van der Waals surface area contributed by atoms with E-state index < -0.39 is 0 Å². The van der Waals surface area contributed by atoms with E-state index in [4.69, 9.17) is 15.9 Å². The van der Waals surface area contributed by atoms with Gasteiger partial charge in [-0.2, -0.15) is 5.10 Å². The lowest BCUT2D eigenvalue weighted by atomic mass is 9.87. The average Bonchev–Trinajstić information content (AvgIpc) is 3.27. The molecular formula is C26H35ClN4O4. The molecule has 2 aromatic rings. The molecule has 1 aliphatic carbocycles. The maximum absolute atomic E-state index is 12.5. The topological polar surface area (TPSA) is 85.7 Å². The molecule has 1 N–H and O–H groups in total. The number of amides is 2. The maximum Gasteiger partial charge on any atom is 0.244 e. The number of nitrogens with one attached hydrogen (secondary N) is 1. The number of nitrogens with zero attached hydrogens (tertiary/aromatic N) is 3. The summed E-state index contributed by atoms with van der Waals surface area (Å²) in [4.78, 5) is 26.3. The van der Waals surface area contributed by atoms with Crippen molar-refractivity contribution in [3.8, 4) is 18.1 Å². The molecule has 0 radical (unpaired) electrons. The Labute approximate surface area is 213 Å². The van der Waals surface area contributed by atoms with Crippen LogP contribution in [-0.4, -0.2) is 59.4 Å². The van der Waals surface area contributed by atoms with Crippen LogP contribution in [0.4, 0.5) is 5.69 Å². The predicted octanol–water partition coefficient (Wildman–Crippen LogP) is 3.69. The summed E-state index contributed by atoms with van der Waals surface area (Å²) in [6.07, 6.45) is 13.2. The molecule has 3 rings (SSSR count). The Morgan fingerprint density at radius 1 is 1.23 bits per heavy atom. The lowest BCUT2D eigenvalue weighted by molar-refractivity contribution is -0.131. The number of hydrogen-bond acceptors (Lipinski definition) is 5. The first kappa shape index (κ1) is 28.2. The lowest BCUT2D eigenvalue weighted by Gasteiger charge is -2.27. The third-order valence-corrected chi connectivity index (χ3v) is 5.93. The van der Waals surface area contributed by atoms with E-state index in [1.807, 2.05) is 31.2 Å². The van der Waals surface area contributed by atoms with Crippen molar-refractivity contribution in [2.45, 2.75) is 51.7 Å². The zero-order chi connectivity index (χ0) is 24.3. The molecule has 1 fully saturated rings. The van der Waals surface area contributed by atoms with Crippen molar-refractivity contribution in [1.82, 2.24) is 14.7 Å². The molecule has 1 heterocycles. The van der Waals surface area contributed by atoms with Gasteiger partial charge in [0.2, 0.25) is 11.8 Å². The number of ether oxygens (including phenoxy) is 2. The number of carbonyl (C=O) groups is 2. The Hall–Kier alpha value is -3.02. The van der Waals surface area contributed by atoms with E-state index in [0.717, 1.165) is 31.4 Å². The molecule has 0 bridgehead atoms. The van der Waals surface area contributed by atoms with Gasteiger partial charge in [-0.3, -0.25) is 14.3 Å². The molecule has 8 nitrogen and oxygen atoms in total. The quantitative estimate of drug-likeness (QED) is 0.474. The summed E-state index contributed by atoms with van der Waals surface area (Å²) in [5.74, 6) is 3.46. The van der Waals surface area contributed by atoms with Gasteiger partial charge in [0, 0.05) is 19.2 Å². The van der Waals surface area contributed by atoms with E-state index in [2.05, 4.69) is 16.3 Å². The van der Waals surface area contributed by atoms with Crippen LogP contribution in [0.15, 0.2) is 36.7 Å². The van der Waals surface area contributed by atoms with Gasteiger partial charge in [0.05, 0.1) is 37.6 Å². The highest BCUT2D eigenvalue weighted by molar-refractivity contribution is 5.90. The Morgan fingerprint density at radius 3 is 2.71 bits per heavy atom. The summed E-state index contributed by atoms with van der Waals surface area (Å²) in [6, 6.07) is 7.79. The fraction of sp³-hybridized carbons (Fsp3) is 0.500. The Balaban J connectivity index is 0.00000432. The van der Waals surface area contributed by atoms with Gasteiger partial charge in [-0.15, -0.1) is 24.8 Å². The van der Waals surface area contributed by atoms with Gasteiger partial charge in [-0.1, -0.05) is 30.5 Å². The minimum absolute atomic E-state index is 0. The van der Waals surface area contributed by atoms with Gasteiger partial charge in [-0.05, 0) is 31.9 Å². The first-order valence-electron chi connectivity index (χ1n) is 11.8. The number of benzene rings is 1. The van der Waals surface area contributed by atoms with Crippen molar-refractivity contribution in [3.05, 3.63) is 42.2 Å². The van der Waals surface area contributed by atoms with Crippen molar-refractivity contribution >= 4 is 29.9 Å². The van der Waals surface area contributed by atoms with E-state index in [9.17, 15) is 9.59 Å². The molecule has 0 aliphatic heterocycles. The summed E-state index contributed by atoms with van der Waals surface area (Å²) in [5, 5.41) is 6.97. The molecule has 9 heteroatoms. The highest BCUT2D eigenvalue weighted by Crippen LogP contribution is 2.26. The summed E-state index contributed by atoms with van der Waals surface area (Å²) < 4.78 is 13.0. The summed E-state index contributed by atoms with van der Waals surface area (Å²) in [5.41, 5.74) is 1.71. The van der Waals surface area contributed by atoms with Gasteiger partial charge in [-0.25, -0.2) is 0 Å². The summed E-state index contributed by atoms with van der Waals surface area (Å²) >= 11 is 0. The molecule has 1 saturated carbocycles. The smallest absolute Gasteiger partial charge is 0.244 e. The molecule has 0 saturated heterocycles. The molecule has 1 aliphatic rings. The Kier molecular flexibility index (Phi) is 11.6. The van der Waals surface area contributed by atoms with Gasteiger partial charge in [0.15, 0.2) is 0 Å². The SMILES string of the molecule is C#CC1CCCCC1OCCC(=O)Nc1cnn(CC(=O)N(C)CCOc2ccc(C)cc2)c1.Cl. The second-order valence-corrected chi connectivity index (χ2v) is 8.67. The third-order valence-electron chi connectivity index (χ3n) is 5.93. The van der Waals surface area contributed by atoms with Crippen LogP contribution in [0, 0.1) is 25.2 Å². The molecule has 2 amide bonds. The van der Waals surface area contributed by atoms with Crippen LogP contribution >= 0.6 is 12.4 Å². The van der Waals surface area contributed by atoms with Crippen molar-refractivity contribution in [3.63, 3.8) is 0 Å². The monoisotopic (exact) mass is 502 g/mol. The molecule has 190 valence electrons. The van der Waals surface area contributed by atoms with Crippen molar-refractivity contribution in [2.75, 3.05) is 32.1 Å². The van der Waals surface area contributed by atoms with E-state index in [-0.39, 0.29) is 49.2 Å². The Bertz CT molecular complexity index is 986. The third kappa shape index (κ3) is 9.27. The first-order chi connectivity index (χ1) is 16.4. The zero-order valence-corrected chi connectivity index (χ0v) is 21.3. The summed E-state index contributed by atoms with van der Waals surface area (Å²) in [7, 11) is 1.73. The van der Waals surface area contributed by atoms with E-state index in [1.54, 1.807) is 18.1 Å². The maximum atomic E-state index is 12.5. The van der Waals surface area contributed by atoms with Gasteiger partial charge < -0.3 is 19.7 Å². The van der Waals surface area contributed by atoms with Gasteiger partial charge in [0.1, 0.15) is 18.9 Å². The van der Waals surface area contributed by atoms with Gasteiger partial charge in [0.25, 0.3) is 0 Å². The second kappa shape index (κ2) is 14.4. The van der Waals surface area contributed by atoms with Crippen LogP contribution in [0.3, 0.4) is 0 Å². The molecule has 0 spiro atoms. The van der Waals surface area contributed by atoms with Crippen LogP contribution < -0.4 is 10.1 Å². The highest BCUT2D eigenvalue weighted by atomic mass is 35.5. The first-order valence-corrected chi connectivity index (χ1v) is 11.8. The number of likely N-dealkylation sites (N-methyl/N-ethyl adjacent to an activating group) is 1. The number of hydrogen-bond donors (Lipinski definition) is 1. The molecule has 1 aromatic carbocycles. The van der Waals surface area contributed by atoms with Crippen LogP contribution in [0.5, 0.6) is 5.75 Å². The zero-order valence-electron chi connectivity index (χ0n) is 20.4. The van der Waals surface area contributed by atoms with E-state index in [0.29, 0.717) is 25.4 Å². The fourth-order valence-electron chi connectivity index (χ4n) is 3.85. The van der Waals surface area contributed by atoms with Crippen LogP contribution in [-0.2, 0) is 20.9 Å². The summed E-state index contributed by atoms with van der Waals surface area (Å²) in [6.45, 7) is 3.28. The predicted molar refractivity (Wildman–Crippen MR) is 138 cm³/mol. The molecule has 35 heavy (non-hydrogen) atoms. The average molecular weight is 503 g/mol. The molecule has 2 atom stereocenters. The largest absolute Gasteiger partial charge is 0.492 e. The number of halogens is 1. The van der Waals surface area contributed by atoms with E-state index >= 15 is 0 Å². The normalized spacial score (nSPS) is 17.1. The number of anilines is 1. The lowest BCUT2D eigenvalue weighted by Crippen LogP contribution is -2.33.